The molecule has 3 atom stereocenters. The van der Waals surface area contributed by atoms with E-state index in [2.05, 4.69) is 23.3 Å². The first-order chi connectivity index (χ1) is 16.4. The van der Waals surface area contributed by atoms with E-state index < -0.39 is 6.04 Å². The van der Waals surface area contributed by atoms with Crippen LogP contribution in [0.4, 0.5) is 0 Å². The fraction of sp³-hybridized carbons (Fsp3) is 0.593. The molecule has 0 aromatic heterocycles. The molecule has 1 unspecified atom stereocenters. The van der Waals surface area contributed by atoms with E-state index in [1.165, 1.54) is 6.42 Å². The highest BCUT2D eigenvalue weighted by molar-refractivity contribution is 6.01. The van der Waals surface area contributed by atoms with E-state index in [9.17, 15) is 14.9 Å². The van der Waals surface area contributed by atoms with Crippen LogP contribution in [0.25, 0.3) is 0 Å². The standard InChI is InChI=1S/C27H32N4O3/c1-17-6-9-22(24(32)30-17)31-11-18-10-19(7-8-20(18)25(31)33)34-23-5-3-2-4-21(23)29-16-27-12-26(13-27,14-27)15-28/h7-8,10,21-23,29H,1-6,9,11-14,16H2,(H,30,32)/t21-,22?,23+,26?,27?/m1/s1. The van der Waals surface area contributed by atoms with Crippen molar-refractivity contribution in [3.8, 4) is 11.8 Å². The topological polar surface area (TPSA) is 94.5 Å². The first-order valence-electron chi connectivity index (χ1n) is 12.6. The van der Waals surface area contributed by atoms with Crippen LogP contribution in [-0.4, -0.2) is 41.4 Å². The smallest absolute Gasteiger partial charge is 0.255 e. The Labute approximate surface area is 200 Å². The van der Waals surface area contributed by atoms with E-state index in [1.807, 2.05) is 18.2 Å². The number of amides is 2. The van der Waals surface area contributed by atoms with Crippen LogP contribution >= 0.6 is 0 Å². The van der Waals surface area contributed by atoms with Crippen molar-refractivity contribution in [2.45, 2.75) is 82.5 Å². The fourth-order valence-corrected chi connectivity index (χ4v) is 7.00. The molecule has 4 aliphatic carbocycles. The maximum Gasteiger partial charge on any atom is 0.255 e. The number of carbonyl (C=O) groups excluding carboxylic acids is 2. The second-order valence-electron chi connectivity index (χ2n) is 11.2. The van der Waals surface area contributed by atoms with Gasteiger partial charge in [-0.3, -0.25) is 9.59 Å². The van der Waals surface area contributed by atoms with E-state index in [1.54, 1.807) is 4.90 Å². The van der Waals surface area contributed by atoms with Crippen molar-refractivity contribution in [3.05, 3.63) is 41.6 Å². The van der Waals surface area contributed by atoms with Crippen LogP contribution in [-0.2, 0) is 11.3 Å². The highest BCUT2D eigenvalue weighted by Crippen LogP contribution is 2.72. The zero-order chi connectivity index (χ0) is 23.5. The molecule has 5 fully saturated rings. The normalized spacial score (nSPS) is 36.1. The van der Waals surface area contributed by atoms with Gasteiger partial charge in [-0.05, 0) is 80.5 Å². The maximum absolute atomic E-state index is 13.0. The van der Waals surface area contributed by atoms with Crippen molar-refractivity contribution in [3.63, 3.8) is 0 Å². The fourth-order valence-electron chi connectivity index (χ4n) is 7.00. The van der Waals surface area contributed by atoms with E-state index in [0.29, 0.717) is 36.4 Å². The van der Waals surface area contributed by atoms with Gasteiger partial charge in [0.25, 0.3) is 5.91 Å². The number of nitriles is 1. The third kappa shape index (κ3) is 3.51. The maximum atomic E-state index is 13.0. The van der Waals surface area contributed by atoms with E-state index >= 15 is 0 Å². The Bertz CT molecular complexity index is 1090. The summed E-state index contributed by atoms with van der Waals surface area (Å²) in [7, 11) is 0. The van der Waals surface area contributed by atoms with E-state index in [0.717, 1.165) is 62.1 Å². The number of benzene rings is 1. The first kappa shape index (κ1) is 21.7. The molecule has 0 radical (unpaired) electrons. The number of hydrogen-bond donors (Lipinski definition) is 2. The van der Waals surface area contributed by atoms with Crippen molar-refractivity contribution >= 4 is 11.8 Å². The number of hydrogen-bond acceptors (Lipinski definition) is 5. The Morgan fingerprint density at radius 1 is 1.21 bits per heavy atom. The quantitative estimate of drug-likeness (QED) is 0.679. The third-order valence-electron chi connectivity index (χ3n) is 8.71. The van der Waals surface area contributed by atoms with Crippen LogP contribution in [0.5, 0.6) is 5.75 Å². The number of nitrogens with one attached hydrogen (secondary N) is 2. The number of nitrogens with zero attached hydrogens (tertiary/aromatic N) is 2. The minimum absolute atomic E-state index is 0.00778. The summed E-state index contributed by atoms with van der Waals surface area (Å²) in [5.41, 5.74) is 2.64. The van der Waals surface area contributed by atoms with E-state index in [4.69, 9.17) is 4.74 Å². The predicted molar refractivity (Wildman–Crippen MR) is 126 cm³/mol. The summed E-state index contributed by atoms with van der Waals surface area (Å²) >= 11 is 0. The number of fused-ring (bicyclic) bond motifs is 1. The zero-order valence-corrected chi connectivity index (χ0v) is 19.6. The Morgan fingerprint density at radius 3 is 2.76 bits per heavy atom. The summed E-state index contributed by atoms with van der Waals surface area (Å²) in [6.07, 6.45) is 9.02. The summed E-state index contributed by atoms with van der Waals surface area (Å²) < 4.78 is 6.48. The second kappa shape index (κ2) is 7.84. The molecule has 1 saturated heterocycles. The van der Waals surface area contributed by atoms with Crippen LogP contribution in [0.15, 0.2) is 30.5 Å². The Hall–Kier alpha value is -2.85. The molecule has 6 aliphatic rings. The lowest BCUT2D eigenvalue weighted by atomic mass is 9.35. The molecule has 7 rings (SSSR count). The monoisotopic (exact) mass is 460 g/mol. The molecule has 2 bridgehead atoms. The average Bonchev–Trinajstić information content (AvgIpc) is 3.09. The van der Waals surface area contributed by atoms with Crippen molar-refractivity contribution < 1.29 is 14.3 Å². The number of rotatable bonds is 6. The van der Waals surface area contributed by atoms with Gasteiger partial charge in [0, 0.05) is 30.4 Å². The zero-order valence-electron chi connectivity index (χ0n) is 19.6. The molecule has 2 heterocycles. The molecule has 4 saturated carbocycles. The SMILES string of the molecule is C=C1CCC(N2Cc3cc(O[C@H]4CCCC[C@H]4NCC45CC(C#N)(C4)C5)ccc3C2=O)C(=O)N1. The minimum atomic E-state index is -0.446. The third-order valence-corrected chi connectivity index (χ3v) is 8.71. The van der Waals surface area contributed by atoms with Crippen molar-refractivity contribution in [1.82, 2.24) is 15.5 Å². The largest absolute Gasteiger partial charge is 0.489 e. The van der Waals surface area contributed by atoms with Gasteiger partial charge in [0.1, 0.15) is 17.9 Å². The molecular formula is C27H32N4O3. The van der Waals surface area contributed by atoms with Crippen LogP contribution < -0.4 is 15.4 Å². The molecule has 0 spiro atoms. The van der Waals surface area contributed by atoms with Gasteiger partial charge in [-0.1, -0.05) is 13.0 Å². The first-order valence-corrected chi connectivity index (χ1v) is 12.6. The number of ether oxygens (including phenoxy) is 1. The molecular weight excluding hydrogens is 428 g/mol. The van der Waals surface area contributed by atoms with Gasteiger partial charge >= 0.3 is 0 Å². The van der Waals surface area contributed by atoms with E-state index in [-0.39, 0.29) is 23.3 Å². The van der Waals surface area contributed by atoms with Crippen LogP contribution in [0.3, 0.4) is 0 Å². The molecule has 7 nitrogen and oxygen atoms in total. The van der Waals surface area contributed by atoms with Crippen LogP contribution in [0, 0.1) is 22.2 Å². The molecule has 178 valence electrons. The summed E-state index contributed by atoms with van der Waals surface area (Å²) in [4.78, 5) is 27.1. The Morgan fingerprint density at radius 2 is 2.00 bits per heavy atom. The molecule has 2 aliphatic heterocycles. The minimum Gasteiger partial charge on any atom is -0.489 e. The number of allylic oxidation sites excluding steroid dienone is 1. The molecule has 2 amide bonds. The molecule has 34 heavy (non-hydrogen) atoms. The van der Waals surface area contributed by atoms with Crippen molar-refractivity contribution in [2.24, 2.45) is 10.8 Å². The summed E-state index contributed by atoms with van der Waals surface area (Å²) in [6, 6.07) is 8.09. The lowest BCUT2D eigenvalue weighted by Crippen LogP contribution is -2.65. The molecule has 2 N–H and O–H groups in total. The van der Waals surface area contributed by atoms with Gasteiger partial charge in [0.05, 0.1) is 11.5 Å². The van der Waals surface area contributed by atoms with Crippen molar-refractivity contribution in [2.75, 3.05) is 6.54 Å². The summed E-state index contributed by atoms with van der Waals surface area (Å²) in [6.45, 7) is 5.24. The highest BCUT2D eigenvalue weighted by Gasteiger charge is 2.68. The average molecular weight is 461 g/mol. The van der Waals surface area contributed by atoms with Gasteiger partial charge < -0.3 is 20.3 Å². The van der Waals surface area contributed by atoms with Crippen LogP contribution in [0.1, 0.15) is 73.7 Å². The van der Waals surface area contributed by atoms with Crippen LogP contribution in [0.2, 0.25) is 0 Å². The lowest BCUT2D eigenvalue weighted by molar-refractivity contribution is -0.161. The van der Waals surface area contributed by atoms with Gasteiger partial charge in [-0.2, -0.15) is 5.26 Å². The lowest BCUT2D eigenvalue weighted by Gasteiger charge is -2.67. The van der Waals surface area contributed by atoms with Gasteiger partial charge in [0.2, 0.25) is 5.91 Å². The second-order valence-corrected chi connectivity index (χ2v) is 11.2. The molecule has 1 aromatic carbocycles. The Kier molecular flexibility index (Phi) is 5.00. The Balaban J connectivity index is 1.10. The van der Waals surface area contributed by atoms with Gasteiger partial charge in [-0.15, -0.1) is 0 Å². The molecule has 1 aromatic rings. The summed E-state index contributed by atoms with van der Waals surface area (Å²) in [5.74, 6) is 0.567. The predicted octanol–water partition coefficient (Wildman–Crippen LogP) is 3.41. The summed E-state index contributed by atoms with van der Waals surface area (Å²) in [5, 5.41) is 15.9. The van der Waals surface area contributed by atoms with Crippen molar-refractivity contribution in [1.29, 1.82) is 5.26 Å². The highest BCUT2D eigenvalue weighted by atomic mass is 16.5. The molecule has 7 heteroatoms. The number of carbonyl (C=O) groups is 2. The number of piperidine rings is 1. The van der Waals surface area contributed by atoms with Gasteiger partial charge in [-0.25, -0.2) is 0 Å². The van der Waals surface area contributed by atoms with Gasteiger partial charge in [0.15, 0.2) is 0 Å².